The van der Waals surface area contributed by atoms with Crippen molar-refractivity contribution < 1.29 is 0 Å². The SMILES string of the molecule is C1#CC2C=NC=CN2C=NC1. The lowest BCUT2D eigenvalue weighted by atomic mass is 10.3. The Morgan fingerprint density at radius 1 is 1.55 bits per heavy atom. The van der Waals surface area contributed by atoms with Crippen molar-refractivity contribution in [3.05, 3.63) is 12.4 Å². The molecule has 0 aromatic carbocycles. The van der Waals surface area contributed by atoms with Crippen LogP contribution in [0.1, 0.15) is 0 Å². The minimum absolute atomic E-state index is 0.0891. The lowest BCUT2D eigenvalue weighted by Crippen LogP contribution is -2.30. The van der Waals surface area contributed by atoms with E-state index in [0.717, 1.165) is 0 Å². The average molecular weight is 145 g/mol. The quantitative estimate of drug-likeness (QED) is 0.449. The molecule has 2 rings (SSSR count). The molecule has 0 aromatic heterocycles. The highest BCUT2D eigenvalue weighted by molar-refractivity contribution is 5.77. The van der Waals surface area contributed by atoms with Crippen LogP contribution in [0.15, 0.2) is 22.4 Å². The van der Waals surface area contributed by atoms with Crippen LogP contribution in [0.3, 0.4) is 0 Å². The molecule has 3 nitrogen and oxygen atoms in total. The minimum atomic E-state index is 0.0891. The molecule has 54 valence electrons. The summed E-state index contributed by atoms with van der Waals surface area (Å²) in [6.07, 6.45) is 7.19. The molecule has 1 unspecified atom stereocenters. The highest BCUT2D eigenvalue weighted by Gasteiger charge is 2.10. The summed E-state index contributed by atoms with van der Waals surface area (Å²) in [5, 5.41) is 0. The lowest BCUT2D eigenvalue weighted by Gasteiger charge is -2.19. The zero-order valence-corrected chi connectivity index (χ0v) is 5.94. The van der Waals surface area contributed by atoms with Crippen LogP contribution in [-0.2, 0) is 0 Å². The molecule has 0 aromatic rings. The first-order valence-electron chi connectivity index (χ1n) is 3.42. The zero-order valence-electron chi connectivity index (χ0n) is 5.94. The third kappa shape index (κ3) is 1.15. The summed E-state index contributed by atoms with van der Waals surface area (Å²) in [7, 11) is 0. The predicted octanol–water partition coefficient (Wildman–Crippen LogP) is 0.258. The van der Waals surface area contributed by atoms with Gasteiger partial charge in [-0.3, -0.25) is 9.98 Å². The van der Waals surface area contributed by atoms with E-state index < -0.39 is 0 Å². The van der Waals surface area contributed by atoms with E-state index in [1.165, 1.54) is 0 Å². The van der Waals surface area contributed by atoms with Crippen molar-refractivity contribution in [2.45, 2.75) is 6.04 Å². The van der Waals surface area contributed by atoms with Crippen molar-refractivity contribution in [1.82, 2.24) is 4.90 Å². The lowest BCUT2D eigenvalue weighted by molar-refractivity contribution is 0.586. The van der Waals surface area contributed by atoms with Crippen LogP contribution >= 0.6 is 0 Å². The second-order valence-electron chi connectivity index (χ2n) is 2.27. The first kappa shape index (κ1) is 6.17. The fraction of sp³-hybridized carbons (Fsp3) is 0.250. The van der Waals surface area contributed by atoms with E-state index in [-0.39, 0.29) is 6.04 Å². The van der Waals surface area contributed by atoms with E-state index >= 15 is 0 Å². The molecule has 0 N–H and O–H groups in total. The molecule has 0 spiro atoms. The van der Waals surface area contributed by atoms with Gasteiger partial charge in [-0.05, 0) is 0 Å². The summed E-state index contributed by atoms with van der Waals surface area (Å²) < 4.78 is 0. The van der Waals surface area contributed by atoms with Gasteiger partial charge >= 0.3 is 0 Å². The van der Waals surface area contributed by atoms with Crippen molar-refractivity contribution in [2.24, 2.45) is 9.98 Å². The smallest absolute Gasteiger partial charge is 0.131 e. The van der Waals surface area contributed by atoms with Gasteiger partial charge in [-0.2, -0.15) is 0 Å². The Bertz CT molecular complexity index is 290. The summed E-state index contributed by atoms with van der Waals surface area (Å²) in [6, 6.07) is 0.0891. The fourth-order valence-corrected chi connectivity index (χ4v) is 0.969. The molecule has 0 bridgehead atoms. The summed E-state index contributed by atoms with van der Waals surface area (Å²) in [4.78, 5) is 10.00. The standard InChI is InChI=1S/C8H7N3/c1-2-8-6-9-4-5-11(8)7-10-3-1/h4-8H,3H2. The number of hydrogen-bond donors (Lipinski definition) is 0. The molecule has 2 aliphatic heterocycles. The predicted molar refractivity (Wildman–Crippen MR) is 44.4 cm³/mol. The molecule has 0 amide bonds. The molecule has 3 heteroatoms. The second-order valence-corrected chi connectivity index (χ2v) is 2.27. The van der Waals surface area contributed by atoms with Crippen LogP contribution in [0.25, 0.3) is 0 Å². The van der Waals surface area contributed by atoms with Gasteiger partial charge < -0.3 is 4.90 Å². The Kier molecular flexibility index (Phi) is 1.45. The van der Waals surface area contributed by atoms with Crippen LogP contribution in [0, 0.1) is 11.8 Å². The monoisotopic (exact) mass is 145 g/mol. The van der Waals surface area contributed by atoms with Gasteiger partial charge in [-0.15, -0.1) is 0 Å². The minimum Gasteiger partial charge on any atom is -0.318 e. The normalized spacial score (nSPS) is 25.5. The molecule has 0 fully saturated rings. The maximum absolute atomic E-state index is 4.07. The van der Waals surface area contributed by atoms with Crippen LogP contribution in [-0.4, -0.2) is 30.0 Å². The Hall–Kier alpha value is -1.56. The largest absolute Gasteiger partial charge is 0.318 e. The van der Waals surface area contributed by atoms with Gasteiger partial charge in [0.25, 0.3) is 0 Å². The zero-order chi connectivity index (χ0) is 7.52. The van der Waals surface area contributed by atoms with Crippen molar-refractivity contribution in [2.75, 3.05) is 6.54 Å². The van der Waals surface area contributed by atoms with Crippen LogP contribution in [0.5, 0.6) is 0 Å². The van der Waals surface area contributed by atoms with E-state index in [4.69, 9.17) is 0 Å². The third-order valence-corrected chi connectivity index (χ3v) is 1.51. The first-order chi connectivity index (χ1) is 5.47. The molecule has 0 radical (unpaired) electrons. The topological polar surface area (TPSA) is 28.0 Å². The number of hydrogen-bond acceptors (Lipinski definition) is 3. The van der Waals surface area contributed by atoms with Gasteiger partial charge in [0.2, 0.25) is 0 Å². The Morgan fingerprint density at radius 3 is 3.55 bits per heavy atom. The second kappa shape index (κ2) is 2.59. The Labute approximate surface area is 65.1 Å². The van der Waals surface area contributed by atoms with Crippen LogP contribution < -0.4 is 0 Å². The van der Waals surface area contributed by atoms with E-state index in [0.29, 0.717) is 6.54 Å². The third-order valence-electron chi connectivity index (χ3n) is 1.51. The van der Waals surface area contributed by atoms with Gasteiger partial charge in [0.1, 0.15) is 12.6 Å². The highest BCUT2D eigenvalue weighted by atomic mass is 15.2. The Balaban J connectivity index is 2.31. The number of aliphatic imine (C=N–C) groups is 2. The summed E-state index contributed by atoms with van der Waals surface area (Å²) in [5.41, 5.74) is 0. The Morgan fingerprint density at radius 2 is 2.55 bits per heavy atom. The molecular formula is C8H7N3. The van der Waals surface area contributed by atoms with Gasteiger partial charge in [0, 0.05) is 18.6 Å². The van der Waals surface area contributed by atoms with Crippen molar-refractivity contribution >= 4 is 12.6 Å². The highest BCUT2D eigenvalue weighted by Crippen LogP contribution is 2.01. The van der Waals surface area contributed by atoms with Gasteiger partial charge in [-0.1, -0.05) is 11.8 Å². The number of rotatable bonds is 0. The molecule has 2 heterocycles. The molecule has 0 saturated carbocycles. The van der Waals surface area contributed by atoms with E-state index in [1.807, 2.05) is 17.3 Å². The van der Waals surface area contributed by atoms with Gasteiger partial charge in [0.05, 0.1) is 6.34 Å². The first-order valence-corrected chi connectivity index (χ1v) is 3.42. The van der Waals surface area contributed by atoms with Crippen molar-refractivity contribution in [3.8, 4) is 11.8 Å². The molecule has 0 saturated heterocycles. The maximum atomic E-state index is 4.07. The van der Waals surface area contributed by atoms with Gasteiger partial charge in [0.15, 0.2) is 0 Å². The van der Waals surface area contributed by atoms with Gasteiger partial charge in [-0.25, -0.2) is 0 Å². The van der Waals surface area contributed by atoms with Crippen LogP contribution in [0.2, 0.25) is 0 Å². The summed E-state index contributed by atoms with van der Waals surface area (Å²) in [6.45, 7) is 0.592. The molecule has 1 atom stereocenters. The molecular weight excluding hydrogens is 138 g/mol. The fourth-order valence-electron chi connectivity index (χ4n) is 0.969. The maximum Gasteiger partial charge on any atom is 0.131 e. The van der Waals surface area contributed by atoms with Crippen molar-refractivity contribution in [3.63, 3.8) is 0 Å². The molecule has 0 aliphatic carbocycles. The number of fused-ring (bicyclic) bond motifs is 1. The number of nitrogens with zero attached hydrogens (tertiary/aromatic N) is 3. The molecule has 2 aliphatic rings. The van der Waals surface area contributed by atoms with E-state index in [1.54, 1.807) is 12.5 Å². The summed E-state index contributed by atoms with van der Waals surface area (Å²) in [5.74, 6) is 5.97. The van der Waals surface area contributed by atoms with Crippen LogP contribution in [0.4, 0.5) is 0 Å². The molecule has 11 heavy (non-hydrogen) atoms. The van der Waals surface area contributed by atoms with E-state index in [2.05, 4.69) is 21.8 Å². The average Bonchev–Trinajstić information content (AvgIpc) is 2.28. The van der Waals surface area contributed by atoms with Crippen molar-refractivity contribution in [1.29, 1.82) is 0 Å². The summed E-state index contributed by atoms with van der Waals surface area (Å²) >= 11 is 0. The van der Waals surface area contributed by atoms with E-state index in [9.17, 15) is 0 Å².